The first-order chi connectivity index (χ1) is 8.44. The summed E-state index contributed by atoms with van der Waals surface area (Å²) in [4.78, 5) is 0. The number of hydrogen-bond donors (Lipinski definition) is 1. The fourth-order valence-electron chi connectivity index (χ4n) is 1.81. The molecule has 1 rings (SSSR count). The Morgan fingerprint density at radius 1 is 1.28 bits per heavy atom. The first-order valence-electron chi connectivity index (χ1n) is 6.20. The summed E-state index contributed by atoms with van der Waals surface area (Å²) < 4.78 is 25.8. The highest BCUT2D eigenvalue weighted by Crippen LogP contribution is 2.25. The minimum Gasteiger partial charge on any atom is -0.330 e. The van der Waals surface area contributed by atoms with Crippen LogP contribution in [0.1, 0.15) is 24.5 Å². The minimum atomic E-state index is -3.25. The monoisotopic (exact) mass is 270 g/mol. The first kappa shape index (κ1) is 15.0. The van der Waals surface area contributed by atoms with Gasteiger partial charge in [-0.25, -0.2) is 8.42 Å². The molecule has 0 saturated heterocycles. The number of rotatable bonds is 6. The standard InChI is InChI=1S/C13H22N2O2S/c1-4-18(16,17)15(10-6-9-14)13-8-5-7-11(2)12(13)3/h5,7-8H,4,6,9-10,14H2,1-3H3. The lowest BCUT2D eigenvalue weighted by molar-refractivity contribution is 0.590. The smallest absolute Gasteiger partial charge is 0.234 e. The van der Waals surface area contributed by atoms with Crippen LogP contribution in [0.2, 0.25) is 0 Å². The number of nitrogens with zero attached hydrogens (tertiary/aromatic N) is 1. The van der Waals surface area contributed by atoms with Crippen molar-refractivity contribution in [1.29, 1.82) is 0 Å². The van der Waals surface area contributed by atoms with Crippen LogP contribution < -0.4 is 10.0 Å². The maximum Gasteiger partial charge on any atom is 0.234 e. The maximum atomic E-state index is 12.2. The van der Waals surface area contributed by atoms with Gasteiger partial charge < -0.3 is 5.73 Å². The highest BCUT2D eigenvalue weighted by atomic mass is 32.2. The predicted octanol–water partition coefficient (Wildman–Crippen LogP) is 1.81. The molecule has 18 heavy (non-hydrogen) atoms. The Morgan fingerprint density at radius 2 is 1.94 bits per heavy atom. The summed E-state index contributed by atoms with van der Waals surface area (Å²) >= 11 is 0. The van der Waals surface area contributed by atoms with Crippen LogP contribution in [0.3, 0.4) is 0 Å². The average Bonchev–Trinajstić information content (AvgIpc) is 2.34. The van der Waals surface area contributed by atoms with Crippen molar-refractivity contribution in [3.8, 4) is 0 Å². The molecule has 0 radical (unpaired) electrons. The van der Waals surface area contributed by atoms with Gasteiger partial charge in [0, 0.05) is 6.54 Å². The van der Waals surface area contributed by atoms with Crippen LogP contribution in [0.15, 0.2) is 18.2 Å². The molecule has 0 aliphatic carbocycles. The molecule has 4 nitrogen and oxygen atoms in total. The number of hydrogen-bond acceptors (Lipinski definition) is 3. The lowest BCUT2D eigenvalue weighted by Gasteiger charge is -2.26. The van der Waals surface area contributed by atoms with Crippen molar-refractivity contribution < 1.29 is 8.42 Å². The van der Waals surface area contributed by atoms with Crippen molar-refractivity contribution in [3.63, 3.8) is 0 Å². The molecule has 0 saturated carbocycles. The molecule has 2 N–H and O–H groups in total. The lowest BCUT2D eigenvalue weighted by Crippen LogP contribution is -2.34. The summed E-state index contributed by atoms with van der Waals surface area (Å²) in [7, 11) is -3.25. The second-order valence-corrected chi connectivity index (χ2v) is 6.52. The van der Waals surface area contributed by atoms with Gasteiger partial charge in [0.05, 0.1) is 11.4 Å². The number of nitrogens with two attached hydrogens (primary N) is 1. The molecule has 102 valence electrons. The predicted molar refractivity (Wildman–Crippen MR) is 76.4 cm³/mol. The molecule has 1 aromatic rings. The van der Waals surface area contributed by atoms with Crippen LogP contribution in [0.25, 0.3) is 0 Å². The Labute approximate surface area is 110 Å². The van der Waals surface area contributed by atoms with E-state index in [9.17, 15) is 8.42 Å². The van der Waals surface area contributed by atoms with Crippen LogP contribution in [0.4, 0.5) is 5.69 Å². The van der Waals surface area contributed by atoms with E-state index in [2.05, 4.69) is 0 Å². The normalized spacial score (nSPS) is 11.6. The average molecular weight is 270 g/mol. The zero-order valence-electron chi connectivity index (χ0n) is 11.3. The Morgan fingerprint density at radius 3 is 2.50 bits per heavy atom. The van der Waals surface area contributed by atoms with Gasteiger partial charge in [-0.1, -0.05) is 12.1 Å². The topological polar surface area (TPSA) is 63.4 Å². The number of sulfonamides is 1. The quantitative estimate of drug-likeness (QED) is 0.857. The van der Waals surface area contributed by atoms with Gasteiger partial charge in [-0.3, -0.25) is 4.31 Å². The summed E-state index contributed by atoms with van der Waals surface area (Å²) in [6, 6.07) is 5.73. The number of aryl methyl sites for hydroxylation is 1. The molecule has 0 fully saturated rings. The second-order valence-electron chi connectivity index (χ2n) is 4.33. The van der Waals surface area contributed by atoms with Gasteiger partial charge in [-0.05, 0) is 50.9 Å². The molecule has 0 heterocycles. The molecule has 1 aromatic carbocycles. The third-order valence-electron chi connectivity index (χ3n) is 3.11. The van der Waals surface area contributed by atoms with E-state index < -0.39 is 10.0 Å². The largest absolute Gasteiger partial charge is 0.330 e. The molecule has 0 amide bonds. The minimum absolute atomic E-state index is 0.102. The summed E-state index contributed by atoms with van der Waals surface area (Å²) in [6.45, 7) is 6.53. The maximum absolute atomic E-state index is 12.2. The van der Waals surface area contributed by atoms with Gasteiger partial charge in [-0.2, -0.15) is 0 Å². The van der Waals surface area contributed by atoms with Gasteiger partial charge in [0.1, 0.15) is 0 Å². The van der Waals surface area contributed by atoms with E-state index in [1.54, 1.807) is 6.92 Å². The van der Waals surface area contributed by atoms with E-state index in [1.807, 2.05) is 32.0 Å². The SMILES string of the molecule is CCS(=O)(=O)N(CCCN)c1cccc(C)c1C. The van der Waals surface area contributed by atoms with E-state index in [0.29, 0.717) is 19.5 Å². The summed E-state index contributed by atoms with van der Waals surface area (Å²) in [5.74, 6) is 0.102. The molecule has 0 aromatic heterocycles. The van der Waals surface area contributed by atoms with E-state index in [-0.39, 0.29) is 5.75 Å². The Bertz CT molecular complexity index is 498. The third-order valence-corrected chi connectivity index (χ3v) is 4.89. The van der Waals surface area contributed by atoms with Gasteiger partial charge >= 0.3 is 0 Å². The molecular formula is C13H22N2O2S. The number of anilines is 1. The van der Waals surface area contributed by atoms with E-state index in [4.69, 9.17) is 5.73 Å². The van der Waals surface area contributed by atoms with Crippen molar-refractivity contribution in [2.45, 2.75) is 27.2 Å². The molecular weight excluding hydrogens is 248 g/mol. The fourth-order valence-corrected chi connectivity index (χ4v) is 3.02. The van der Waals surface area contributed by atoms with Crippen molar-refractivity contribution in [1.82, 2.24) is 0 Å². The van der Waals surface area contributed by atoms with Crippen LogP contribution in [0.5, 0.6) is 0 Å². The van der Waals surface area contributed by atoms with Crippen LogP contribution in [-0.2, 0) is 10.0 Å². The summed E-state index contributed by atoms with van der Waals surface area (Å²) in [5, 5.41) is 0. The Kier molecular flexibility index (Phi) is 5.16. The lowest BCUT2D eigenvalue weighted by atomic mass is 10.1. The van der Waals surface area contributed by atoms with E-state index in [1.165, 1.54) is 4.31 Å². The van der Waals surface area contributed by atoms with Crippen LogP contribution in [0, 0.1) is 13.8 Å². The summed E-state index contributed by atoms with van der Waals surface area (Å²) in [5.41, 5.74) is 8.35. The molecule has 0 spiro atoms. The third kappa shape index (κ3) is 3.23. The second kappa shape index (κ2) is 6.20. The van der Waals surface area contributed by atoms with Crippen LogP contribution in [-0.4, -0.2) is 27.3 Å². The molecule has 0 bridgehead atoms. The van der Waals surface area contributed by atoms with Crippen molar-refractivity contribution in [2.75, 3.05) is 23.1 Å². The van der Waals surface area contributed by atoms with Gasteiger partial charge in [-0.15, -0.1) is 0 Å². The van der Waals surface area contributed by atoms with Gasteiger partial charge in [0.25, 0.3) is 0 Å². The molecule has 5 heteroatoms. The summed E-state index contributed by atoms with van der Waals surface area (Å²) in [6.07, 6.45) is 0.659. The van der Waals surface area contributed by atoms with E-state index >= 15 is 0 Å². The Hall–Kier alpha value is -1.07. The molecule has 0 atom stereocenters. The first-order valence-corrected chi connectivity index (χ1v) is 7.81. The molecule has 0 aliphatic heterocycles. The Balaban J connectivity index is 3.22. The molecule has 0 unspecified atom stereocenters. The number of benzene rings is 1. The fraction of sp³-hybridized carbons (Fsp3) is 0.538. The van der Waals surface area contributed by atoms with Gasteiger partial charge in [0.15, 0.2) is 0 Å². The highest BCUT2D eigenvalue weighted by molar-refractivity contribution is 7.92. The zero-order valence-corrected chi connectivity index (χ0v) is 12.1. The zero-order chi connectivity index (χ0) is 13.8. The van der Waals surface area contributed by atoms with Crippen molar-refractivity contribution >= 4 is 15.7 Å². The molecule has 0 aliphatic rings. The van der Waals surface area contributed by atoms with Gasteiger partial charge in [0.2, 0.25) is 10.0 Å². The van der Waals surface area contributed by atoms with Crippen LogP contribution >= 0.6 is 0 Å². The van der Waals surface area contributed by atoms with Crippen molar-refractivity contribution in [3.05, 3.63) is 29.3 Å². The van der Waals surface area contributed by atoms with E-state index in [0.717, 1.165) is 16.8 Å². The highest BCUT2D eigenvalue weighted by Gasteiger charge is 2.21. The van der Waals surface area contributed by atoms with Crippen molar-refractivity contribution in [2.24, 2.45) is 5.73 Å².